The van der Waals surface area contributed by atoms with Crippen LogP contribution in [0.2, 0.25) is 0 Å². The molecule has 0 fully saturated rings. The van der Waals surface area contributed by atoms with E-state index in [0.717, 1.165) is 17.7 Å². The molecule has 2 rings (SSSR count). The molecule has 0 radical (unpaired) electrons. The Morgan fingerprint density at radius 2 is 1.81 bits per heavy atom. The molecule has 144 valence electrons. The van der Waals surface area contributed by atoms with E-state index in [4.69, 9.17) is 4.74 Å². The number of hydrogen-bond donors (Lipinski definition) is 1. The Kier molecular flexibility index (Phi) is 7.34. The first-order valence-corrected chi connectivity index (χ1v) is 8.90. The van der Waals surface area contributed by atoms with Crippen LogP contribution in [0.3, 0.4) is 0 Å². The molecule has 5 nitrogen and oxygen atoms in total. The average Bonchev–Trinajstić information content (AvgIpc) is 2.69. The van der Waals surface area contributed by atoms with Gasteiger partial charge in [0, 0.05) is 20.0 Å². The van der Waals surface area contributed by atoms with Crippen molar-refractivity contribution in [3.63, 3.8) is 0 Å². The van der Waals surface area contributed by atoms with Gasteiger partial charge >= 0.3 is 0 Å². The number of carbonyl (C=O) groups is 2. The maximum atomic E-state index is 13.6. The lowest BCUT2D eigenvalue weighted by Gasteiger charge is -2.28. The molecule has 1 N–H and O–H groups in total. The van der Waals surface area contributed by atoms with Crippen molar-refractivity contribution in [2.45, 2.75) is 25.8 Å². The summed E-state index contributed by atoms with van der Waals surface area (Å²) in [4.78, 5) is 26.2. The van der Waals surface area contributed by atoms with E-state index in [1.165, 1.54) is 18.2 Å². The number of nitrogens with zero attached hydrogens (tertiary/aromatic N) is 1. The van der Waals surface area contributed by atoms with Gasteiger partial charge in [0.15, 0.2) is 0 Å². The molecule has 2 amide bonds. The van der Waals surface area contributed by atoms with E-state index in [0.29, 0.717) is 0 Å². The standard InChI is InChI=1S/C21H25FN2O3/c1-4-19(15-9-11-16(27-3)12-10-15)24(2)20(25)13-14-23-21(26)17-7-5-6-8-18(17)22/h5-12,19H,4,13-14H2,1-3H3,(H,23,26)/t19-/m1/s1. The van der Waals surface area contributed by atoms with Crippen molar-refractivity contribution in [2.75, 3.05) is 20.7 Å². The van der Waals surface area contributed by atoms with Crippen LogP contribution in [0.4, 0.5) is 4.39 Å². The van der Waals surface area contributed by atoms with Crippen molar-refractivity contribution in [1.82, 2.24) is 10.2 Å². The van der Waals surface area contributed by atoms with Gasteiger partial charge in [-0.25, -0.2) is 4.39 Å². The van der Waals surface area contributed by atoms with E-state index >= 15 is 0 Å². The number of benzene rings is 2. The van der Waals surface area contributed by atoms with Crippen LogP contribution in [0, 0.1) is 5.82 Å². The average molecular weight is 372 g/mol. The molecular weight excluding hydrogens is 347 g/mol. The van der Waals surface area contributed by atoms with Crippen LogP contribution < -0.4 is 10.1 Å². The van der Waals surface area contributed by atoms with Gasteiger partial charge in [-0.15, -0.1) is 0 Å². The second-order valence-corrected chi connectivity index (χ2v) is 6.19. The van der Waals surface area contributed by atoms with Gasteiger partial charge in [0.05, 0.1) is 18.7 Å². The third-order valence-corrected chi connectivity index (χ3v) is 4.49. The number of nitrogens with one attached hydrogen (secondary N) is 1. The van der Waals surface area contributed by atoms with Gasteiger partial charge in [-0.1, -0.05) is 31.2 Å². The Balaban J connectivity index is 1.91. The number of hydrogen-bond acceptors (Lipinski definition) is 3. The molecule has 0 aliphatic rings. The van der Waals surface area contributed by atoms with Gasteiger partial charge in [-0.05, 0) is 36.2 Å². The highest BCUT2D eigenvalue weighted by atomic mass is 19.1. The maximum absolute atomic E-state index is 13.6. The topological polar surface area (TPSA) is 58.6 Å². The van der Waals surface area contributed by atoms with Crippen LogP contribution in [-0.2, 0) is 4.79 Å². The number of ether oxygens (including phenoxy) is 1. The Bertz CT molecular complexity index is 777. The first-order valence-electron chi connectivity index (χ1n) is 8.90. The van der Waals surface area contributed by atoms with E-state index in [-0.39, 0.29) is 30.5 Å². The number of amides is 2. The Hall–Kier alpha value is -2.89. The van der Waals surface area contributed by atoms with Crippen molar-refractivity contribution < 1.29 is 18.7 Å². The highest BCUT2D eigenvalue weighted by Crippen LogP contribution is 2.25. The van der Waals surface area contributed by atoms with Gasteiger partial charge in [-0.3, -0.25) is 9.59 Å². The highest BCUT2D eigenvalue weighted by Gasteiger charge is 2.20. The summed E-state index contributed by atoms with van der Waals surface area (Å²) in [6.07, 6.45) is 0.902. The van der Waals surface area contributed by atoms with Crippen LogP contribution in [0.25, 0.3) is 0 Å². The summed E-state index contributed by atoms with van der Waals surface area (Å²) in [5.41, 5.74) is 0.993. The van der Waals surface area contributed by atoms with Crippen LogP contribution in [-0.4, -0.2) is 37.4 Å². The van der Waals surface area contributed by atoms with Crippen LogP contribution >= 0.6 is 0 Å². The van der Waals surface area contributed by atoms with Crippen molar-refractivity contribution in [3.8, 4) is 5.75 Å². The summed E-state index contributed by atoms with van der Waals surface area (Å²) in [5.74, 6) is -0.431. The molecule has 6 heteroatoms. The summed E-state index contributed by atoms with van der Waals surface area (Å²) in [6.45, 7) is 2.16. The molecule has 0 aliphatic heterocycles. The quantitative estimate of drug-likeness (QED) is 0.771. The van der Waals surface area contributed by atoms with Gasteiger partial charge in [0.2, 0.25) is 5.91 Å². The molecule has 2 aromatic carbocycles. The van der Waals surface area contributed by atoms with Gasteiger partial charge in [0.1, 0.15) is 11.6 Å². The molecule has 0 saturated carbocycles. The minimum atomic E-state index is -0.580. The molecule has 0 bridgehead atoms. The van der Waals surface area contributed by atoms with Crippen LogP contribution in [0.15, 0.2) is 48.5 Å². The summed E-state index contributed by atoms with van der Waals surface area (Å²) in [5, 5.41) is 2.59. The monoisotopic (exact) mass is 372 g/mol. The Morgan fingerprint density at radius 3 is 2.41 bits per heavy atom. The molecule has 2 aromatic rings. The van der Waals surface area contributed by atoms with E-state index in [1.54, 1.807) is 25.1 Å². The molecule has 0 saturated heterocycles. The third-order valence-electron chi connectivity index (χ3n) is 4.49. The zero-order valence-electron chi connectivity index (χ0n) is 15.9. The van der Waals surface area contributed by atoms with E-state index in [2.05, 4.69) is 5.32 Å². The van der Waals surface area contributed by atoms with Gasteiger partial charge < -0.3 is 15.0 Å². The second kappa shape index (κ2) is 9.71. The lowest BCUT2D eigenvalue weighted by molar-refractivity contribution is -0.132. The third kappa shape index (κ3) is 5.29. The zero-order chi connectivity index (χ0) is 19.8. The second-order valence-electron chi connectivity index (χ2n) is 6.19. The first kappa shape index (κ1) is 20.4. The number of halogens is 1. The van der Waals surface area contributed by atoms with Crippen molar-refractivity contribution in [1.29, 1.82) is 0 Å². The number of rotatable bonds is 8. The predicted octanol–water partition coefficient (Wildman–Crippen LogP) is 3.56. The fourth-order valence-corrected chi connectivity index (χ4v) is 2.93. The fraction of sp³-hybridized carbons (Fsp3) is 0.333. The van der Waals surface area contributed by atoms with Crippen molar-refractivity contribution in [2.24, 2.45) is 0 Å². The summed E-state index contributed by atoms with van der Waals surface area (Å²) in [7, 11) is 3.36. The molecular formula is C21H25FN2O3. The zero-order valence-corrected chi connectivity index (χ0v) is 15.9. The summed E-state index contributed by atoms with van der Waals surface area (Å²) < 4.78 is 18.8. The minimum Gasteiger partial charge on any atom is -0.497 e. The molecule has 0 heterocycles. The van der Waals surface area contributed by atoms with E-state index in [9.17, 15) is 14.0 Å². The minimum absolute atomic E-state index is 0.0250. The molecule has 27 heavy (non-hydrogen) atoms. The normalized spacial score (nSPS) is 11.6. The maximum Gasteiger partial charge on any atom is 0.254 e. The first-order chi connectivity index (χ1) is 13.0. The molecule has 0 aromatic heterocycles. The molecule has 0 unspecified atom stereocenters. The predicted molar refractivity (Wildman–Crippen MR) is 102 cm³/mol. The van der Waals surface area contributed by atoms with E-state index in [1.807, 2.05) is 31.2 Å². The largest absolute Gasteiger partial charge is 0.497 e. The van der Waals surface area contributed by atoms with Crippen molar-refractivity contribution in [3.05, 3.63) is 65.5 Å². The highest BCUT2D eigenvalue weighted by molar-refractivity contribution is 5.94. The molecule has 0 spiro atoms. The van der Waals surface area contributed by atoms with Gasteiger partial charge in [-0.2, -0.15) is 0 Å². The SMILES string of the molecule is CC[C@H](c1ccc(OC)cc1)N(C)C(=O)CCNC(=O)c1ccccc1F. The summed E-state index contributed by atoms with van der Waals surface area (Å²) in [6, 6.07) is 13.3. The van der Waals surface area contributed by atoms with Crippen LogP contribution in [0.1, 0.15) is 41.7 Å². The van der Waals surface area contributed by atoms with Crippen molar-refractivity contribution >= 4 is 11.8 Å². The van der Waals surface area contributed by atoms with E-state index < -0.39 is 11.7 Å². The Morgan fingerprint density at radius 1 is 1.15 bits per heavy atom. The number of methoxy groups -OCH3 is 1. The molecule has 0 aliphatic carbocycles. The van der Waals surface area contributed by atoms with Crippen LogP contribution in [0.5, 0.6) is 5.75 Å². The lowest BCUT2D eigenvalue weighted by Crippen LogP contribution is -2.34. The van der Waals surface area contributed by atoms with Gasteiger partial charge in [0.25, 0.3) is 5.91 Å². The number of carbonyl (C=O) groups excluding carboxylic acids is 2. The fourth-order valence-electron chi connectivity index (χ4n) is 2.93. The Labute approximate surface area is 159 Å². The lowest BCUT2D eigenvalue weighted by atomic mass is 10.0. The summed E-state index contributed by atoms with van der Waals surface area (Å²) >= 11 is 0. The molecule has 1 atom stereocenters. The smallest absolute Gasteiger partial charge is 0.254 e.